The summed E-state index contributed by atoms with van der Waals surface area (Å²) in [6.45, 7) is 22.3. The van der Waals surface area contributed by atoms with E-state index in [0.29, 0.717) is 0 Å². The lowest BCUT2D eigenvalue weighted by Gasteiger charge is -2.35. The Hall–Kier alpha value is 0.210. The topological polar surface area (TPSA) is 3.24 Å². The van der Waals surface area contributed by atoms with Gasteiger partial charge < -0.3 is 21.8 Å². The van der Waals surface area contributed by atoms with Crippen LogP contribution in [0.1, 0.15) is 350 Å². The molecule has 64 heavy (non-hydrogen) atoms. The quantitative estimate of drug-likeness (QED) is 0.0434. The first kappa shape index (κ1) is 68.5. The summed E-state index contributed by atoms with van der Waals surface area (Å²) in [4.78, 5) is 2.79. The van der Waals surface area contributed by atoms with Crippen LogP contribution in [-0.4, -0.2) is 55.7 Å². The molecule has 0 aliphatic rings. The number of hydrogen-bond acceptors (Lipinski definition) is 1. The molecule has 0 aliphatic heterocycles. The molecule has 0 N–H and O–H groups in total. The maximum absolute atomic E-state index is 2.79. The second-order valence-corrected chi connectivity index (χ2v) is 21.5. The minimum atomic E-state index is 0. The molecule has 2 nitrogen and oxygen atoms in total. The highest BCUT2D eigenvalue weighted by Crippen LogP contribution is 2.19. The van der Waals surface area contributed by atoms with Crippen LogP contribution in [-0.2, 0) is 0 Å². The largest absolute Gasteiger partial charge is 1.00 e. The van der Waals surface area contributed by atoms with Crippen LogP contribution in [0.3, 0.4) is 0 Å². The summed E-state index contributed by atoms with van der Waals surface area (Å²) >= 11 is 0. The summed E-state index contributed by atoms with van der Waals surface area (Å²) in [6, 6.07) is 0. The van der Waals surface area contributed by atoms with E-state index in [-0.39, 0.29) is 12.4 Å². The molecule has 0 radical (unpaired) electrons. The average molecular weight is 926 g/mol. The predicted molar refractivity (Wildman–Crippen MR) is 293 cm³/mol. The number of quaternary nitrogens is 1. The van der Waals surface area contributed by atoms with Crippen LogP contribution in [0.2, 0.25) is 0 Å². The van der Waals surface area contributed by atoms with Crippen LogP contribution in [0, 0.1) is 0 Å². The van der Waals surface area contributed by atoms with E-state index in [1.165, 1.54) is 352 Å². The minimum absolute atomic E-state index is 0. The van der Waals surface area contributed by atoms with Gasteiger partial charge in [0.15, 0.2) is 0 Å². The van der Waals surface area contributed by atoms with E-state index in [4.69, 9.17) is 0 Å². The maximum atomic E-state index is 2.79. The Labute approximate surface area is 416 Å². The Morgan fingerprint density at radius 2 is 0.344 bits per heavy atom. The van der Waals surface area contributed by atoms with Crippen molar-refractivity contribution in [3.63, 3.8) is 0 Å². The number of unbranched alkanes of at least 4 members (excludes halogenated alkanes) is 42. The smallest absolute Gasteiger partial charge is 0.0784 e. The van der Waals surface area contributed by atoms with Crippen LogP contribution >= 0.6 is 0 Å². The van der Waals surface area contributed by atoms with Gasteiger partial charge in [0.25, 0.3) is 0 Å². The number of rotatable bonds is 54. The first-order chi connectivity index (χ1) is 31.0. The molecule has 0 bridgehead atoms. The fourth-order valence-corrected chi connectivity index (χ4v) is 9.96. The van der Waals surface area contributed by atoms with Gasteiger partial charge in [-0.2, -0.15) is 0 Å². The third kappa shape index (κ3) is 58.3. The zero-order chi connectivity index (χ0) is 46.3. The summed E-state index contributed by atoms with van der Waals surface area (Å²) in [5.41, 5.74) is 0. The fraction of sp³-hybridized carbons (Fsp3) is 1.00. The third-order valence-corrected chi connectivity index (χ3v) is 14.6. The molecule has 0 rings (SSSR count). The fourth-order valence-electron chi connectivity index (χ4n) is 9.96. The van der Waals surface area contributed by atoms with E-state index in [2.05, 4.69) is 53.5 Å². The molecule has 0 atom stereocenters. The van der Waals surface area contributed by atoms with Gasteiger partial charge in [0.05, 0.1) is 26.7 Å². The molecule has 0 heterocycles. The van der Waals surface area contributed by atoms with Gasteiger partial charge in [0.2, 0.25) is 0 Å². The number of halogens is 1. The first-order valence-corrected chi connectivity index (χ1v) is 30.6. The lowest BCUT2D eigenvalue weighted by Crippen LogP contribution is -3.00. The van der Waals surface area contributed by atoms with Crippen molar-refractivity contribution in [3.05, 3.63) is 0 Å². The van der Waals surface area contributed by atoms with E-state index >= 15 is 0 Å². The van der Waals surface area contributed by atoms with Gasteiger partial charge in [0.1, 0.15) is 0 Å². The van der Waals surface area contributed by atoms with Gasteiger partial charge in [-0.3, -0.25) is 0 Å². The van der Waals surface area contributed by atoms with E-state index in [1.807, 2.05) is 0 Å². The van der Waals surface area contributed by atoms with Gasteiger partial charge in [-0.25, -0.2) is 0 Å². The standard InChI is InChI=1S/C37H78N.C24H51N.ClH/c1-5-8-11-14-17-20-23-26-29-32-35-38(4,36-33-30-27-24-21-18-15-12-9-6-2)37-34-31-28-25-22-19-16-13-10-7-3;1-4-7-10-13-16-19-22-25(23-20-17-14-11-8-5-2)24-21-18-15-12-9-6-3;/h5-37H2,1-4H3;4-24H2,1-3H3;1H/q+1;;/p-1. The van der Waals surface area contributed by atoms with Crippen molar-refractivity contribution in [2.75, 3.05) is 46.3 Å². The van der Waals surface area contributed by atoms with Gasteiger partial charge in [-0.1, -0.05) is 292 Å². The number of nitrogens with zero attached hydrogens (tertiary/aromatic N) is 2. The highest BCUT2D eigenvalue weighted by Gasteiger charge is 2.20. The third-order valence-electron chi connectivity index (χ3n) is 14.6. The van der Waals surface area contributed by atoms with Gasteiger partial charge in [0, 0.05) is 0 Å². The maximum Gasteiger partial charge on any atom is 0.0784 e. The van der Waals surface area contributed by atoms with E-state index < -0.39 is 0 Å². The summed E-state index contributed by atoms with van der Waals surface area (Å²) in [5, 5.41) is 0. The van der Waals surface area contributed by atoms with Crippen LogP contribution in [0.4, 0.5) is 0 Å². The van der Waals surface area contributed by atoms with E-state index in [1.54, 1.807) is 0 Å². The molecule has 0 saturated carbocycles. The van der Waals surface area contributed by atoms with E-state index in [0.717, 1.165) is 0 Å². The van der Waals surface area contributed by atoms with Gasteiger partial charge in [-0.15, -0.1) is 0 Å². The van der Waals surface area contributed by atoms with Crippen molar-refractivity contribution >= 4 is 0 Å². The lowest BCUT2D eigenvalue weighted by molar-refractivity contribution is -0.910. The summed E-state index contributed by atoms with van der Waals surface area (Å²) in [5.74, 6) is 0. The molecular formula is C61H129ClN2. The van der Waals surface area contributed by atoms with Crippen LogP contribution < -0.4 is 12.4 Å². The molecule has 0 aliphatic carbocycles. The number of hydrogen-bond donors (Lipinski definition) is 0. The van der Waals surface area contributed by atoms with Crippen LogP contribution in [0.25, 0.3) is 0 Å². The summed E-state index contributed by atoms with van der Waals surface area (Å²) in [7, 11) is 2.61. The summed E-state index contributed by atoms with van der Waals surface area (Å²) in [6.07, 6.45) is 69.5. The highest BCUT2D eigenvalue weighted by molar-refractivity contribution is 4.61. The second kappa shape index (κ2) is 61.2. The lowest BCUT2D eigenvalue weighted by atomic mass is 10.0. The normalized spacial score (nSPS) is 11.6. The van der Waals surface area contributed by atoms with Crippen LogP contribution in [0.15, 0.2) is 0 Å². The summed E-state index contributed by atoms with van der Waals surface area (Å²) < 4.78 is 1.37. The molecule has 3 heteroatoms. The van der Waals surface area contributed by atoms with Crippen molar-refractivity contribution < 1.29 is 16.9 Å². The SMILES string of the molecule is CCCCCCCCCCCC[N+](C)(CCCCCCCCCCCC)CCCCCCCCCCCC.CCCCCCCCN(CCCCCCCC)CCCCCCCC.[Cl-]. The molecule has 0 unspecified atom stereocenters. The van der Waals surface area contributed by atoms with Crippen molar-refractivity contribution in [1.29, 1.82) is 0 Å². The van der Waals surface area contributed by atoms with Gasteiger partial charge >= 0.3 is 0 Å². The monoisotopic (exact) mass is 925 g/mol. The molecule has 0 aromatic heterocycles. The molecule has 0 aromatic carbocycles. The minimum Gasteiger partial charge on any atom is -1.00 e. The second-order valence-electron chi connectivity index (χ2n) is 21.5. The molecular weight excluding hydrogens is 796 g/mol. The zero-order valence-electron chi connectivity index (χ0n) is 46.5. The Bertz CT molecular complexity index is 674. The van der Waals surface area contributed by atoms with Crippen molar-refractivity contribution in [3.8, 4) is 0 Å². The highest BCUT2D eigenvalue weighted by atomic mass is 35.5. The predicted octanol–water partition coefficient (Wildman–Crippen LogP) is 18.6. The van der Waals surface area contributed by atoms with Crippen molar-refractivity contribution in [2.45, 2.75) is 350 Å². The molecule has 390 valence electrons. The van der Waals surface area contributed by atoms with E-state index in [9.17, 15) is 0 Å². The van der Waals surface area contributed by atoms with Crippen LogP contribution in [0.5, 0.6) is 0 Å². The zero-order valence-corrected chi connectivity index (χ0v) is 47.2. The molecule has 0 aromatic rings. The van der Waals surface area contributed by atoms with Crippen molar-refractivity contribution in [1.82, 2.24) is 4.90 Å². The Kier molecular flexibility index (Phi) is 65.5. The van der Waals surface area contributed by atoms with Gasteiger partial charge in [-0.05, 0) is 77.4 Å². The first-order valence-electron chi connectivity index (χ1n) is 30.6. The Morgan fingerprint density at radius 1 is 0.203 bits per heavy atom. The molecule has 0 saturated heterocycles. The Balaban J connectivity index is -0.00000124. The van der Waals surface area contributed by atoms with Crippen molar-refractivity contribution in [2.24, 2.45) is 0 Å². The Morgan fingerprint density at radius 3 is 0.516 bits per heavy atom. The molecule has 0 spiro atoms. The average Bonchev–Trinajstić information content (AvgIpc) is 3.29. The molecule has 0 amide bonds. The molecule has 0 fully saturated rings.